The van der Waals surface area contributed by atoms with Crippen LogP contribution < -0.4 is 4.90 Å². The molecule has 1 aromatic rings. The first-order chi connectivity index (χ1) is 7.61. The molecule has 1 atom stereocenters. The number of anilines is 1. The number of hydrogen-bond donors (Lipinski definition) is 1. The van der Waals surface area contributed by atoms with Gasteiger partial charge in [-0.2, -0.15) is 0 Å². The molecule has 3 nitrogen and oxygen atoms in total. The Morgan fingerprint density at radius 2 is 2.25 bits per heavy atom. The van der Waals surface area contributed by atoms with E-state index in [0.717, 1.165) is 41.6 Å². The summed E-state index contributed by atoms with van der Waals surface area (Å²) in [5, 5.41) is 9.45. The van der Waals surface area contributed by atoms with Gasteiger partial charge >= 0.3 is 0 Å². The van der Waals surface area contributed by atoms with Gasteiger partial charge in [0.15, 0.2) is 0 Å². The van der Waals surface area contributed by atoms with E-state index in [-0.39, 0.29) is 6.61 Å². The molecular formula is C13H20N2O. The normalized spacial score (nSPS) is 20.5. The standard InChI is InChI=1S/C13H20N2O/c1-9-4-5-15(7-9)13-12(8-16)10(2)6-11(3)14-13/h6,9,16H,4-5,7-8H2,1-3H3. The molecule has 1 fully saturated rings. The van der Waals surface area contributed by atoms with Crippen LogP contribution in [0.3, 0.4) is 0 Å². The molecule has 1 unspecified atom stereocenters. The molecular weight excluding hydrogens is 200 g/mol. The number of aliphatic hydroxyl groups excluding tert-OH is 1. The quantitative estimate of drug-likeness (QED) is 0.828. The van der Waals surface area contributed by atoms with Gasteiger partial charge in [-0.15, -0.1) is 0 Å². The van der Waals surface area contributed by atoms with Gasteiger partial charge < -0.3 is 10.0 Å². The molecule has 1 saturated heterocycles. The van der Waals surface area contributed by atoms with Crippen LogP contribution in [0.25, 0.3) is 0 Å². The van der Waals surface area contributed by atoms with Crippen molar-refractivity contribution in [2.75, 3.05) is 18.0 Å². The SMILES string of the molecule is Cc1cc(C)c(CO)c(N2CCC(C)C2)n1. The van der Waals surface area contributed by atoms with E-state index in [1.807, 2.05) is 19.9 Å². The zero-order valence-corrected chi connectivity index (χ0v) is 10.3. The zero-order valence-electron chi connectivity index (χ0n) is 10.3. The van der Waals surface area contributed by atoms with Crippen molar-refractivity contribution in [2.45, 2.75) is 33.8 Å². The maximum absolute atomic E-state index is 9.45. The minimum atomic E-state index is 0.0827. The summed E-state index contributed by atoms with van der Waals surface area (Å²) in [6.07, 6.45) is 1.22. The summed E-state index contributed by atoms with van der Waals surface area (Å²) in [4.78, 5) is 6.89. The van der Waals surface area contributed by atoms with Gasteiger partial charge in [0.25, 0.3) is 0 Å². The van der Waals surface area contributed by atoms with Crippen LogP contribution in [-0.2, 0) is 6.61 Å². The highest BCUT2D eigenvalue weighted by Gasteiger charge is 2.22. The largest absolute Gasteiger partial charge is 0.392 e. The molecule has 88 valence electrons. The van der Waals surface area contributed by atoms with Crippen LogP contribution in [0.15, 0.2) is 6.07 Å². The van der Waals surface area contributed by atoms with Gasteiger partial charge in [0.05, 0.1) is 6.61 Å². The summed E-state index contributed by atoms with van der Waals surface area (Å²) in [5.41, 5.74) is 3.16. The molecule has 0 aromatic carbocycles. The maximum atomic E-state index is 9.45. The van der Waals surface area contributed by atoms with Gasteiger partial charge in [-0.05, 0) is 37.8 Å². The molecule has 0 saturated carbocycles. The first-order valence-corrected chi connectivity index (χ1v) is 5.94. The lowest BCUT2D eigenvalue weighted by Crippen LogP contribution is -2.22. The Labute approximate surface area is 97.1 Å². The summed E-state index contributed by atoms with van der Waals surface area (Å²) >= 11 is 0. The molecule has 0 radical (unpaired) electrons. The van der Waals surface area contributed by atoms with E-state index in [4.69, 9.17) is 0 Å². The molecule has 0 spiro atoms. The van der Waals surface area contributed by atoms with Crippen molar-refractivity contribution in [2.24, 2.45) is 5.92 Å². The summed E-state index contributed by atoms with van der Waals surface area (Å²) < 4.78 is 0. The Balaban J connectivity index is 2.38. The predicted molar refractivity (Wildman–Crippen MR) is 65.6 cm³/mol. The summed E-state index contributed by atoms with van der Waals surface area (Å²) in [7, 11) is 0. The Morgan fingerprint density at radius 1 is 1.50 bits per heavy atom. The van der Waals surface area contributed by atoms with Gasteiger partial charge in [-0.25, -0.2) is 4.98 Å². The smallest absolute Gasteiger partial charge is 0.134 e. The third kappa shape index (κ3) is 2.05. The average Bonchev–Trinajstić information content (AvgIpc) is 2.63. The van der Waals surface area contributed by atoms with E-state index in [1.54, 1.807) is 0 Å². The van der Waals surface area contributed by atoms with Gasteiger partial charge in [0, 0.05) is 24.3 Å². The molecule has 0 bridgehead atoms. The van der Waals surface area contributed by atoms with E-state index < -0.39 is 0 Å². The number of rotatable bonds is 2. The van der Waals surface area contributed by atoms with Crippen molar-refractivity contribution in [3.8, 4) is 0 Å². The first-order valence-electron chi connectivity index (χ1n) is 5.94. The third-order valence-electron chi connectivity index (χ3n) is 3.34. The second-order valence-electron chi connectivity index (χ2n) is 4.88. The van der Waals surface area contributed by atoms with Crippen molar-refractivity contribution >= 4 is 5.82 Å². The molecule has 1 N–H and O–H groups in total. The minimum Gasteiger partial charge on any atom is -0.392 e. The van der Waals surface area contributed by atoms with E-state index in [2.05, 4.69) is 16.8 Å². The molecule has 2 rings (SSSR count). The molecule has 1 aliphatic rings. The highest BCUT2D eigenvalue weighted by atomic mass is 16.3. The predicted octanol–water partition coefficient (Wildman–Crippen LogP) is 2.04. The molecule has 3 heteroatoms. The highest BCUT2D eigenvalue weighted by molar-refractivity contribution is 5.52. The Bertz CT molecular complexity index is 390. The number of pyridine rings is 1. The average molecular weight is 220 g/mol. The summed E-state index contributed by atoms with van der Waals surface area (Å²) in [5.74, 6) is 1.72. The Morgan fingerprint density at radius 3 is 2.81 bits per heavy atom. The third-order valence-corrected chi connectivity index (χ3v) is 3.34. The van der Waals surface area contributed by atoms with E-state index in [1.165, 1.54) is 6.42 Å². The van der Waals surface area contributed by atoms with Crippen LogP contribution in [0.4, 0.5) is 5.82 Å². The fourth-order valence-electron chi connectivity index (χ4n) is 2.43. The fraction of sp³-hybridized carbons (Fsp3) is 0.615. The summed E-state index contributed by atoms with van der Waals surface area (Å²) in [6.45, 7) is 8.52. The number of aliphatic hydroxyl groups is 1. The van der Waals surface area contributed by atoms with E-state index in [9.17, 15) is 5.11 Å². The van der Waals surface area contributed by atoms with Crippen molar-refractivity contribution in [3.05, 3.63) is 22.9 Å². The second-order valence-corrected chi connectivity index (χ2v) is 4.88. The lowest BCUT2D eigenvalue weighted by atomic mass is 10.1. The van der Waals surface area contributed by atoms with Crippen LogP contribution in [-0.4, -0.2) is 23.2 Å². The van der Waals surface area contributed by atoms with E-state index in [0.29, 0.717) is 0 Å². The lowest BCUT2D eigenvalue weighted by molar-refractivity contribution is 0.281. The van der Waals surface area contributed by atoms with Gasteiger partial charge in [-0.3, -0.25) is 0 Å². The first kappa shape index (κ1) is 11.4. The Kier molecular flexibility index (Phi) is 3.15. The number of hydrogen-bond acceptors (Lipinski definition) is 3. The topological polar surface area (TPSA) is 36.4 Å². The lowest BCUT2D eigenvalue weighted by Gasteiger charge is -2.21. The highest BCUT2D eigenvalue weighted by Crippen LogP contribution is 2.27. The fourth-order valence-corrected chi connectivity index (χ4v) is 2.43. The number of aryl methyl sites for hydroxylation is 2. The number of aromatic nitrogens is 1. The Hall–Kier alpha value is -1.09. The summed E-state index contributed by atoms with van der Waals surface area (Å²) in [6, 6.07) is 2.04. The molecule has 16 heavy (non-hydrogen) atoms. The van der Waals surface area contributed by atoms with Crippen molar-refractivity contribution < 1.29 is 5.11 Å². The molecule has 1 aromatic heterocycles. The van der Waals surface area contributed by atoms with Crippen LogP contribution in [0.1, 0.15) is 30.2 Å². The van der Waals surface area contributed by atoms with E-state index >= 15 is 0 Å². The minimum absolute atomic E-state index is 0.0827. The number of nitrogens with zero attached hydrogens (tertiary/aromatic N) is 2. The second kappa shape index (κ2) is 4.42. The van der Waals surface area contributed by atoms with Crippen molar-refractivity contribution in [3.63, 3.8) is 0 Å². The van der Waals surface area contributed by atoms with Gasteiger partial charge in [0.2, 0.25) is 0 Å². The molecule has 1 aliphatic heterocycles. The van der Waals surface area contributed by atoms with Crippen LogP contribution >= 0.6 is 0 Å². The van der Waals surface area contributed by atoms with Crippen LogP contribution in [0.5, 0.6) is 0 Å². The maximum Gasteiger partial charge on any atom is 0.134 e. The molecule has 0 amide bonds. The monoisotopic (exact) mass is 220 g/mol. The molecule has 2 heterocycles. The zero-order chi connectivity index (χ0) is 11.7. The van der Waals surface area contributed by atoms with Gasteiger partial charge in [0.1, 0.15) is 5.82 Å². The van der Waals surface area contributed by atoms with Crippen LogP contribution in [0, 0.1) is 19.8 Å². The van der Waals surface area contributed by atoms with Gasteiger partial charge in [-0.1, -0.05) is 6.92 Å². The molecule has 0 aliphatic carbocycles. The van der Waals surface area contributed by atoms with Crippen molar-refractivity contribution in [1.29, 1.82) is 0 Å². The van der Waals surface area contributed by atoms with Crippen molar-refractivity contribution in [1.82, 2.24) is 4.98 Å². The van der Waals surface area contributed by atoms with Crippen LogP contribution in [0.2, 0.25) is 0 Å².